The van der Waals surface area contributed by atoms with Crippen LogP contribution in [0, 0.1) is 6.92 Å². The van der Waals surface area contributed by atoms with Crippen LogP contribution in [-0.4, -0.2) is 12.9 Å². The van der Waals surface area contributed by atoms with Gasteiger partial charge in [0.25, 0.3) is 0 Å². The van der Waals surface area contributed by atoms with Gasteiger partial charge in [0.2, 0.25) is 0 Å². The largest absolute Gasteiger partial charge is 0.497 e. The molecule has 0 bridgehead atoms. The van der Waals surface area contributed by atoms with E-state index in [1.807, 2.05) is 55.5 Å². The number of aryl methyl sites for hydroxylation is 1. The summed E-state index contributed by atoms with van der Waals surface area (Å²) in [7, 11) is 1.65. The molecule has 1 saturated carbocycles. The Balaban J connectivity index is 1.91. The topological polar surface area (TPSA) is 26.3 Å². The third-order valence-corrected chi connectivity index (χ3v) is 4.14. The zero-order valence-corrected chi connectivity index (χ0v) is 11.8. The normalized spacial score (nSPS) is 15.7. The van der Waals surface area contributed by atoms with Crippen LogP contribution in [0.1, 0.15) is 34.3 Å². The van der Waals surface area contributed by atoms with Crippen molar-refractivity contribution in [1.29, 1.82) is 0 Å². The highest BCUT2D eigenvalue weighted by atomic mass is 16.5. The molecule has 0 unspecified atom stereocenters. The Kier molecular flexibility index (Phi) is 3.09. The molecule has 1 fully saturated rings. The Morgan fingerprint density at radius 2 is 1.60 bits per heavy atom. The molecule has 0 aliphatic heterocycles. The van der Waals surface area contributed by atoms with Gasteiger partial charge in [-0.1, -0.05) is 42.0 Å². The lowest BCUT2D eigenvalue weighted by atomic mass is 9.87. The number of ketones is 1. The van der Waals surface area contributed by atoms with E-state index in [1.165, 1.54) is 5.56 Å². The Labute approximate surface area is 119 Å². The Morgan fingerprint density at radius 3 is 2.10 bits per heavy atom. The summed E-state index contributed by atoms with van der Waals surface area (Å²) in [5.41, 5.74) is 2.78. The number of methoxy groups -OCH3 is 1. The SMILES string of the molecule is COc1ccc(C2(C(=O)c3ccc(C)cc3)CC2)cc1. The minimum Gasteiger partial charge on any atom is -0.497 e. The van der Waals surface area contributed by atoms with Crippen LogP contribution in [-0.2, 0) is 5.41 Å². The first-order valence-electron chi connectivity index (χ1n) is 6.92. The van der Waals surface area contributed by atoms with Crippen molar-refractivity contribution in [1.82, 2.24) is 0 Å². The van der Waals surface area contributed by atoms with E-state index < -0.39 is 0 Å². The second-order valence-corrected chi connectivity index (χ2v) is 5.51. The summed E-state index contributed by atoms with van der Waals surface area (Å²) in [6, 6.07) is 15.7. The fraction of sp³-hybridized carbons (Fsp3) is 0.278. The van der Waals surface area contributed by atoms with Gasteiger partial charge in [0, 0.05) is 5.56 Å². The smallest absolute Gasteiger partial charge is 0.173 e. The second-order valence-electron chi connectivity index (χ2n) is 5.51. The molecular weight excluding hydrogens is 248 g/mol. The molecule has 0 amide bonds. The van der Waals surface area contributed by atoms with Crippen LogP contribution in [0.4, 0.5) is 0 Å². The molecule has 0 atom stereocenters. The number of benzene rings is 2. The predicted octanol–water partition coefficient (Wildman–Crippen LogP) is 3.92. The molecule has 0 saturated heterocycles. The summed E-state index contributed by atoms with van der Waals surface area (Å²) < 4.78 is 5.18. The molecule has 0 N–H and O–H groups in total. The lowest BCUT2D eigenvalue weighted by Gasteiger charge is -2.15. The van der Waals surface area contributed by atoms with Crippen LogP contribution in [0.5, 0.6) is 5.75 Å². The fourth-order valence-corrected chi connectivity index (χ4v) is 2.66. The van der Waals surface area contributed by atoms with Gasteiger partial charge in [-0.3, -0.25) is 4.79 Å². The van der Waals surface area contributed by atoms with Crippen LogP contribution < -0.4 is 4.74 Å². The number of hydrogen-bond acceptors (Lipinski definition) is 2. The summed E-state index contributed by atoms with van der Waals surface area (Å²) >= 11 is 0. The predicted molar refractivity (Wildman–Crippen MR) is 79.4 cm³/mol. The molecule has 2 nitrogen and oxygen atoms in total. The van der Waals surface area contributed by atoms with Crippen molar-refractivity contribution < 1.29 is 9.53 Å². The third-order valence-electron chi connectivity index (χ3n) is 4.14. The molecule has 0 heterocycles. The van der Waals surface area contributed by atoms with Crippen molar-refractivity contribution in [3.8, 4) is 5.75 Å². The van der Waals surface area contributed by atoms with E-state index in [2.05, 4.69) is 0 Å². The van der Waals surface area contributed by atoms with Crippen molar-refractivity contribution in [3.05, 3.63) is 65.2 Å². The van der Waals surface area contributed by atoms with E-state index in [-0.39, 0.29) is 11.2 Å². The molecule has 0 radical (unpaired) electrons. The molecule has 2 aromatic rings. The van der Waals surface area contributed by atoms with Gasteiger partial charge >= 0.3 is 0 Å². The summed E-state index contributed by atoms with van der Waals surface area (Å²) in [6.07, 6.45) is 1.87. The van der Waals surface area contributed by atoms with Crippen LogP contribution in [0.3, 0.4) is 0 Å². The number of Topliss-reactive ketones (excluding diaryl/α,β-unsaturated/α-hetero) is 1. The first-order valence-corrected chi connectivity index (χ1v) is 6.92. The summed E-state index contributed by atoms with van der Waals surface area (Å²) in [5, 5.41) is 0. The lowest BCUT2D eigenvalue weighted by molar-refractivity contribution is 0.0946. The second kappa shape index (κ2) is 4.78. The maximum absolute atomic E-state index is 12.8. The maximum atomic E-state index is 12.8. The van der Waals surface area contributed by atoms with E-state index in [0.717, 1.165) is 29.7 Å². The molecule has 0 spiro atoms. The first kappa shape index (κ1) is 12.9. The van der Waals surface area contributed by atoms with Crippen molar-refractivity contribution in [3.63, 3.8) is 0 Å². The highest BCUT2D eigenvalue weighted by Gasteiger charge is 2.51. The van der Waals surface area contributed by atoms with Gasteiger partial charge in [-0.15, -0.1) is 0 Å². The van der Waals surface area contributed by atoms with E-state index in [4.69, 9.17) is 4.74 Å². The quantitative estimate of drug-likeness (QED) is 0.784. The maximum Gasteiger partial charge on any atom is 0.173 e. The standard InChI is InChI=1S/C18H18O2/c1-13-3-5-14(6-4-13)17(19)18(11-12-18)15-7-9-16(20-2)10-8-15/h3-10H,11-12H2,1-2H3. The molecule has 20 heavy (non-hydrogen) atoms. The van der Waals surface area contributed by atoms with Crippen LogP contribution in [0.2, 0.25) is 0 Å². The molecule has 2 heteroatoms. The van der Waals surface area contributed by atoms with Gasteiger partial charge in [0.15, 0.2) is 5.78 Å². The highest BCUT2D eigenvalue weighted by molar-refractivity contribution is 6.06. The molecule has 3 rings (SSSR count). The fourth-order valence-electron chi connectivity index (χ4n) is 2.66. The van der Waals surface area contributed by atoms with Crippen molar-refractivity contribution in [2.45, 2.75) is 25.2 Å². The van der Waals surface area contributed by atoms with Crippen LogP contribution in [0.15, 0.2) is 48.5 Å². The third kappa shape index (κ3) is 2.11. The molecule has 0 aromatic heterocycles. The van der Waals surface area contributed by atoms with Gasteiger partial charge in [0.1, 0.15) is 5.75 Å². The van der Waals surface area contributed by atoms with E-state index in [1.54, 1.807) is 7.11 Å². The van der Waals surface area contributed by atoms with Gasteiger partial charge in [-0.05, 0) is 37.5 Å². The molecule has 2 aromatic carbocycles. The Bertz CT molecular complexity index is 619. The van der Waals surface area contributed by atoms with Gasteiger partial charge in [-0.2, -0.15) is 0 Å². The molecular formula is C18H18O2. The Hall–Kier alpha value is -2.09. The van der Waals surface area contributed by atoms with E-state index in [9.17, 15) is 4.79 Å². The lowest BCUT2D eigenvalue weighted by Crippen LogP contribution is -2.20. The number of hydrogen-bond donors (Lipinski definition) is 0. The zero-order valence-electron chi connectivity index (χ0n) is 11.8. The summed E-state index contributed by atoms with van der Waals surface area (Å²) in [6.45, 7) is 2.03. The van der Waals surface area contributed by atoms with Crippen molar-refractivity contribution in [2.75, 3.05) is 7.11 Å². The van der Waals surface area contributed by atoms with E-state index >= 15 is 0 Å². The number of carbonyl (C=O) groups is 1. The van der Waals surface area contributed by atoms with Gasteiger partial charge in [-0.25, -0.2) is 0 Å². The van der Waals surface area contributed by atoms with Crippen LogP contribution in [0.25, 0.3) is 0 Å². The zero-order chi connectivity index (χ0) is 14.2. The van der Waals surface area contributed by atoms with Crippen LogP contribution >= 0.6 is 0 Å². The highest BCUT2D eigenvalue weighted by Crippen LogP contribution is 2.50. The number of ether oxygens (including phenoxy) is 1. The molecule has 1 aliphatic carbocycles. The minimum atomic E-state index is -0.304. The number of rotatable bonds is 4. The van der Waals surface area contributed by atoms with Gasteiger partial charge in [0.05, 0.1) is 12.5 Å². The Morgan fingerprint density at radius 1 is 1.00 bits per heavy atom. The average molecular weight is 266 g/mol. The molecule has 102 valence electrons. The summed E-state index contributed by atoms with van der Waals surface area (Å²) in [4.78, 5) is 12.8. The number of carbonyl (C=O) groups excluding carboxylic acids is 1. The minimum absolute atomic E-state index is 0.239. The first-order chi connectivity index (χ1) is 9.65. The van der Waals surface area contributed by atoms with Gasteiger partial charge < -0.3 is 4.74 Å². The average Bonchev–Trinajstić information content (AvgIpc) is 3.29. The molecule has 1 aliphatic rings. The van der Waals surface area contributed by atoms with E-state index in [0.29, 0.717) is 0 Å². The van der Waals surface area contributed by atoms with Crippen molar-refractivity contribution >= 4 is 5.78 Å². The summed E-state index contributed by atoms with van der Waals surface area (Å²) in [5.74, 6) is 1.06. The monoisotopic (exact) mass is 266 g/mol. The van der Waals surface area contributed by atoms with Crippen molar-refractivity contribution in [2.24, 2.45) is 0 Å².